The minimum absolute atomic E-state index is 0.0764. The number of nitrogens with zero attached hydrogens (tertiary/aromatic N) is 6. The lowest BCUT2D eigenvalue weighted by Crippen LogP contribution is -2.39. The molecule has 2 aromatic heterocycles. The van der Waals surface area contributed by atoms with Gasteiger partial charge in [-0.15, -0.1) is 10.2 Å². The number of aromatic nitrogens is 6. The molecule has 13 nitrogen and oxygen atoms in total. The number of aryl methyl sites for hydroxylation is 1. The van der Waals surface area contributed by atoms with Crippen LogP contribution >= 0.6 is 0 Å². The highest BCUT2D eigenvalue weighted by Gasteiger charge is 2.23. The maximum atomic E-state index is 12.8. The number of carbonyl (C=O) groups excluding carboxylic acids is 2. The standard InChI is InChI=1S/C25H32N8O5/c1-16-27-21(12-22(28-16)25(37)26-13-18-3-2-4-20(11-18)38-10-9-34)24-30-32-33(31-24)14-17-5-7-19(8-6-17)29-23(36)15-35/h2-4,11-12,17,19,34-35H,5-10,13-15H2,1H3,(H,26,37)(H,29,36). The SMILES string of the molecule is Cc1nc(C(=O)NCc2cccc(OCCO)c2)cc(-c2nnn(CC3CCC(NC(=O)CO)CC3)n2)n1. The number of ether oxygens (including phenoxy) is 1. The van der Waals surface area contributed by atoms with E-state index in [2.05, 4.69) is 36.0 Å². The molecule has 4 rings (SSSR count). The highest BCUT2D eigenvalue weighted by Crippen LogP contribution is 2.25. The van der Waals surface area contributed by atoms with Crippen molar-refractivity contribution in [2.45, 2.75) is 51.7 Å². The van der Waals surface area contributed by atoms with Crippen molar-refractivity contribution in [3.05, 3.63) is 47.4 Å². The lowest BCUT2D eigenvalue weighted by atomic mass is 9.86. The molecule has 2 heterocycles. The summed E-state index contributed by atoms with van der Waals surface area (Å²) in [6, 6.07) is 8.89. The molecular weight excluding hydrogens is 492 g/mol. The van der Waals surface area contributed by atoms with Crippen molar-refractivity contribution in [1.29, 1.82) is 0 Å². The fraction of sp³-hybridized carbons (Fsp3) is 0.480. The molecule has 0 aliphatic heterocycles. The Labute approximate surface area is 219 Å². The highest BCUT2D eigenvalue weighted by atomic mass is 16.5. The van der Waals surface area contributed by atoms with Crippen molar-refractivity contribution in [2.75, 3.05) is 19.8 Å². The van der Waals surface area contributed by atoms with Crippen LogP contribution in [0.1, 0.15) is 47.6 Å². The Balaban J connectivity index is 1.34. The molecule has 0 bridgehead atoms. The average molecular weight is 525 g/mol. The van der Waals surface area contributed by atoms with E-state index >= 15 is 0 Å². The molecule has 0 atom stereocenters. The van der Waals surface area contributed by atoms with Gasteiger partial charge in [0, 0.05) is 12.6 Å². The lowest BCUT2D eigenvalue weighted by Gasteiger charge is -2.28. The van der Waals surface area contributed by atoms with E-state index in [1.54, 1.807) is 25.1 Å². The summed E-state index contributed by atoms with van der Waals surface area (Å²) in [5.41, 5.74) is 1.44. The summed E-state index contributed by atoms with van der Waals surface area (Å²) in [7, 11) is 0. The molecule has 2 amide bonds. The Hall–Kier alpha value is -3.97. The van der Waals surface area contributed by atoms with E-state index in [1.165, 1.54) is 4.80 Å². The van der Waals surface area contributed by atoms with E-state index in [0.717, 1.165) is 31.2 Å². The highest BCUT2D eigenvalue weighted by molar-refractivity contribution is 5.93. The van der Waals surface area contributed by atoms with Gasteiger partial charge in [0.25, 0.3) is 5.91 Å². The number of aliphatic hydroxyl groups is 2. The minimum atomic E-state index is -0.493. The molecule has 0 unspecified atom stereocenters. The molecule has 3 aromatic rings. The molecule has 13 heteroatoms. The molecule has 0 spiro atoms. The van der Waals surface area contributed by atoms with Crippen LogP contribution in [0.3, 0.4) is 0 Å². The second kappa shape index (κ2) is 13.0. The number of rotatable bonds is 11. The molecule has 1 aliphatic carbocycles. The third-order valence-corrected chi connectivity index (χ3v) is 6.24. The molecule has 1 fully saturated rings. The number of tetrazole rings is 1. The molecule has 0 radical (unpaired) electrons. The van der Waals surface area contributed by atoms with Gasteiger partial charge in [-0.25, -0.2) is 9.97 Å². The van der Waals surface area contributed by atoms with Gasteiger partial charge in [-0.05, 0) is 67.5 Å². The van der Waals surface area contributed by atoms with Crippen molar-refractivity contribution >= 4 is 11.8 Å². The molecule has 4 N–H and O–H groups in total. The zero-order chi connectivity index (χ0) is 26.9. The van der Waals surface area contributed by atoms with Gasteiger partial charge in [-0.3, -0.25) is 9.59 Å². The number of benzene rings is 1. The zero-order valence-corrected chi connectivity index (χ0v) is 21.2. The van der Waals surface area contributed by atoms with Crippen LogP contribution in [0.15, 0.2) is 30.3 Å². The van der Waals surface area contributed by atoms with Crippen LogP contribution in [0, 0.1) is 12.8 Å². The summed E-state index contributed by atoms with van der Waals surface area (Å²) in [5, 5.41) is 36.2. The topological polar surface area (TPSA) is 177 Å². The number of nitrogens with one attached hydrogen (secondary N) is 2. The Morgan fingerprint density at radius 3 is 2.71 bits per heavy atom. The minimum Gasteiger partial charge on any atom is -0.491 e. The number of hydrogen-bond acceptors (Lipinski definition) is 10. The van der Waals surface area contributed by atoms with Gasteiger partial charge in [-0.2, -0.15) is 4.80 Å². The first-order chi connectivity index (χ1) is 18.4. The van der Waals surface area contributed by atoms with Crippen molar-refractivity contribution < 1.29 is 24.5 Å². The zero-order valence-electron chi connectivity index (χ0n) is 21.2. The lowest BCUT2D eigenvalue weighted by molar-refractivity contribution is -0.124. The Kier molecular flexibility index (Phi) is 9.27. The maximum Gasteiger partial charge on any atom is 0.270 e. The second-order valence-electron chi connectivity index (χ2n) is 9.20. The smallest absolute Gasteiger partial charge is 0.270 e. The van der Waals surface area contributed by atoms with E-state index in [-0.39, 0.29) is 43.3 Å². The molecule has 1 aromatic carbocycles. The van der Waals surface area contributed by atoms with E-state index in [4.69, 9.17) is 14.9 Å². The second-order valence-corrected chi connectivity index (χ2v) is 9.20. The Morgan fingerprint density at radius 2 is 1.95 bits per heavy atom. The van der Waals surface area contributed by atoms with Gasteiger partial charge in [-0.1, -0.05) is 12.1 Å². The van der Waals surface area contributed by atoms with Crippen LogP contribution in [-0.4, -0.2) is 78.1 Å². The fourth-order valence-corrected chi connectivity index (χ4v) is 4.40. The number of carbonyl (C=O) groups is 2. The Bertz CT molecular complexity index is 1240. The monoisotopic (exact) mass is 524 g/mol. The van der Waals surface area contributed by atoms with Gasteiger partial charge in [0.15, 0.2) is 0 Å². The number of amides is 2. The summed E-state index contributed by atoms with van der Waals surface area (Å²) in [6.07, 6.45) is 3.48. The summed E-state index contributed by atoms with van der Waals surface area (Å²) < 4.78 is 5.41. The maximum absolute atomic E-state index is 12.8. The van der Waals surface area contributed by atoms with Gasteiger partial charge in [0.05, 0.1) is 13.2 Å². The third-order valence-electron chi connectivity index (χ3n) is 6.24. The average Bonchev–Trinajstić information content (AvgIpc) is 3.40. The molecule has 1 saturated carbocycles. The number of hydrogen-bond donors (Lipinski definition) is 4. The van der Waals surface area contributed by atoms with Gasteiger partial charge < -0.3 is 25.6 Å². The van der Waals surface area contributed by atoms with Gasteiger partial charge in [0.1, 0.15) is 36.2 Å². The number of aliphatic hydroxyl groups excluding tert-OH is 2. The van der Waals surface area contributed by atoms with Crippen LogP contribution in [0.25, 0.3) is 11.5 Å². The van der Waals surface area contributed by atoms with Crippen molar-refractivity contribution in [1.82, 2.24) is 40.8 Å². The van der Waals surface area contributed by atoms with Crippen LogP contribution in [0.4, 0.5) is 0 Å². The van der Waals surface area contributed by atoms with Crippen molar-refractivity contribution in [2.24, 2.45) is 5.92 Å². The summed E-state index contributed by atoms with van der Waals surface area (Å²) in [4.78, 5) is 34.4. The predicted molar refractivity (Wildman–Crippen MR) is 135 cm³/mol. The normalized spacial score (nSPS) is 17.1. The van der Waals surface area contributed by atoms with Crippen molar-refractivity contribution in [3.8, 4) is 17.3 Å². The van der Waals surface area contributed by atoms with Crippen LogP contribution in [-0.2, 0) is 17.9 Å². The summed E-state index contributed by atoms with van der Waals surface area (Å²) >= 11 is 0. The molecule has 202 valence electrons. The predicted octanol–water partition coefficient (Wildman–Crippen LogP) is 0.407. The van der Waals surface area contributed by atoms with Crippen LogP contribution < -0.4 is 15.4 Å². The molecule has 38 heavy (non-hydrogen) atoms. The van der Waals surface area contributed by atoms with Crippen molar-refractivity contribution in [3.63, 3.8) is 0 Å². The van der Waals surface area contributed by atoms with Crippen LogP contribution in [0.5, 0.6) is 5.75 Å². The first-order valence-electron chi connectivity index (χ1n) is 12.6. The van der Waals surface area contributed by atoms with E-state index in [1.807, 2.05) is 12.1 Å². The largest absolute Gasteiger partial charge is 0.491 e. The van der Waals surface area contributed by atoms with Gasteiger partial charge >= 0.3 is 0 Å². The van der Waals surface area contributed by atoms with E-state index < -0.39 is 6.61 Å². The van der Waals surface area contributed by atoms with Crippen LogP contribution in [0.2, 0.25) is 0 Å². The molecule has 0 saturated heterocycles. The first kappa shape index (κ1) is 27.1. The Morgan fingerprint density at radius 1 is 1.13 bits per heavy atom. The van der Waals surface area contributed by atoms with Gasteiger partial charge in [0.2, 0.25) is 11.7 Å². The molecule has 1 aliphatic rings. The van der Waals surface area contributed by atoms with E-state index in [9.17, 15) is 9.59 Å². The summed E-state index contributed by atoms with van der Waals surface area (Å²) in [5.74, 6) is 0.967. The fourth-order valence-electron chi connectivity index (χ4n) is 4.40. The molecular formula is C25H32N8O5. The first-order valence-corrected chi connectivity index (χ1v) is 12.6. The quantitative estimate of drug-likeness (QED) is 0.275. The van der Waals surface area contributed by atoms with E-state index in [0.29, 0.717) is 35.6 Å². The third kappa shape index (κ3) is 7.52. The summed E-state index contributed by atoms with van der Waals surface area (Å²) in [6.45, 7) is 2.18.